The second-order valence-electron chi connectivity index (χ2n) is 5.42. The molecule has 4 heteroatoms. The van der Waals surface area contributed by atoms with E-state index in [1.54, 1.807) is 11.3 Å². The second kappa shape index (κ2) is 4.62. The molecule has 1 aliphatic heterocycles. The Bertz CT molecular complexity index is 591. The zero-order chi connectivity index (χ0) is 13.5. The lowest BCUT2D eigenvalue weighted by atomic mass is 9.94. The summed E-state index contributed by atoms with van der Waals surface area (Å²) in [7, 11) is 0. The van der Waals surface area contributed by atoms with Crippen molar-refractivity contribution in [3.8, 4) is 5.75 Å². The number of para-hydroxylation sites is 1. The summed E-state index contributed by atoms with van der Waals surface area (Å²) in [5.74, 6) is 0.986. The number of hydrogen-bond acceptors (Lipinski definition) is 4. The zero-order valence-corrected chi connectivity index (χ0v) is 12.3. The molecule has 0 aliphatic carbocycles. The summed E-state index contributed by atoms with van der Waals surface area (Å²) in [6.07, 6.45) is 1.92. The highest BCUT2D eigenvalue weighted by Crippen LogP contribution is 2.42. The molecule has 1 aliphatic rings. The van der Waals surface area contributed by atoms with E-state index in [1.165, 1.54) is 10.4 Å². The number of thiazole rings is 1. The first-order chi connectivity index (χ1) is 9.06. The fraction of sp³-hybridized carbons (Fsp3) is 0.400. The lowest BCUT2D eigenvalue weighted by Crippen LogP contribution is -2.38. The Kier molecular flexibility index (Phi) is 3.07. The number of benzene rings is 1. The Morgan fingerprint density at radius 3 is 2.89 bits per heavy atom. The Morgan fingerprint density at radius 1 is 1.37 bits per heavy atom. The number of aromatic nitrogens is 1. The number of nitrogens with one attached hydrogen (secondary N) is 1. The van der Waals surface area contributed by atoms with Gasteiger partial charge in [0.2, 0.25) is 0 Å². The Hall–Kier alpha value is -1.39. The van der Waals surface area contributed by atoms with Crippen LogP contribution in [0.1, 0.15) is 35.3 Å². The molecule has 2 heterocycles. The van der Waals surface area contributed by atoms with E-state index in [-0.39, 0.29) is 11.6 Å². The molecule has 0 saturated heterocycles. The predicted octanol–water partition coefficient (Wildman–Crippen LogP) is 3.45. The topological polar surface area (TPSA) is 34.2 Å². The van der Waals surface area contributed by atoms with Gasteiger partial charge in [-0.05, 0) is 26.8 Å². The van der Waals surface area contributed by atoms with Gasteiger partial charge in [0.25, 0.3) is 0 Å². The summed E-state index contributed by atoms with van der Waals surface area (Å²) in [6, 6.07) is 8.45. The SMILES string of the molecule is Cc1cnc(CNC2c3ccccc3OC2(C)C)s1. The van der Waals surface area contributed by atoms with Crippen molar-refractivity contribution in [3.05, 3.63) is 45.9 Å². The summed E-state index contributed by atoms with van der Waals surface area (Å²) < 4.78 is 6.02. The first-order valence-corrected chi connectivity index (χ1v) is 7.30. The summed E-state index contributed by atoms with van der Waals surface area (Å²) in [4.78, 5) is 5.64. The molecular weight excluding hydrogens is 256 g/mol. The maximum atomic E-state index is 6.02. The van der Waals surface area contributed by atoms with Gasteiger partial charge in [0.1, 0.15) is 16.4 Å². The molecule has 1 aromatic heterocycles. The van der Waals surface area contributed by atoms with Gasteiger partial charge in [-0.15, -0.1) is 11.3 Å². The Labute approximate surface area is 117 Å². The Morgan fingerprint density at radius 2 is 2.16 bits per heavy atom. The first-order valence-electron chi connectivity index (χ1n) is 6.49. The van der Waals surface area contributed by atoms with E-state index in [0.717, 1.165) is 17.3 Å². The normalized spacial score (nSPS) is 20.1. The number of ether oxygens (including phenoxy) is 1. The number of fused-ring (bicyclic) bond motifs is 1. The van der Waals surface area contributed by atoms with E-state index in [9.17, 15) is 0 Å². The molecule has 0 spiro atoms. The standard InChI is InChI=1S/C15H18N2OS/c1-10-8-16-13(19-10)9-17-14-11-6-4-5-7-12(11)18-15(14,2)3/h4-8,14,17H,9H2,1-3H3. The van der Waals surface area contributed by atoms with Crippen molar-refractivity contribution in [2.24, 2.45) is 0 Å². The van der Waals surface area contributed by atoms with Gasteiger partial charge in [0, 0.05) is 23.2 Å². The van der Waals surface area contributed by atoms with Crippen LogP contribution in [0.5, 0.6) is 5.75 Å². The summed E-state index contributed by atoms with van der Waals surface area (Å²) >= 11 is 1.74. The minimum atomic E-state index is -0.226. The Balaban J connectivity index is 1.79. The fourth-order valence-electron chi connectivity index (χ4n) is 2.56. The maximum Gasteiger partial charge on any atom is 0.125 e. The predicted molar refractivity (Wildman–Crippen MR) is 77.6 cm³/mol. The van der Waals surface area contributed by atoms with Gasteiger partial charge < -0.3 is 10.1 Å². The molecule has 1 unspecified atom stereocenters. The average Bonchev–Trinajstić information content (AvgIpc) is 2.87. The molecule has 0 radical (unpaired) electrons. The van der Waals surface area contributed by atoms with Gasteiger partial charge in [0.15, 0.2) is 0 Å². The van der Waals surface area contributed by atoms with Gasteiger partial charge in [-0.2, -0.15) is 0 Å². The van der Waals surface area contributed by atoms with Crippen LogP contribution in [-0.4, -0.2) is 10.6 Å². The maximum absolute atomic E-state index is 6.02. The molecule has 1 N–H and O–H groups in total. The summed E-state index contributed by atoms with van der Waals surface area (Å²) in [5.41, 5.74) is 1.01. The third kappa shape index (κ3) is 2.38. The van der Waals surface area contributed by atoms with E-state index in [0.29, 0.717) is 0 Å². The third-order valence-electron chi connectivity index (χ3n) is 3.42. The lowest BCUT2D eigenvalue weighted by molar-refractivity contribution is 0.0958. The second-order valence-corrected chi connectivity index (χ2v) is 6.74. The van der Waals surface area contributed by atoms with Crippen molar-refractivity contribution in [2.75, 3.05) is 0 Å². The van der Waals surface area contributed by atoms with E-state index < -0.39 is 0 Å². The van der Waals surface area contributed by atoms with E-state index in [1.807, 2.05) is 18.3 Å². The number of hydrogen-bond donors (Lipinski definition) is 1. The average molecular weight is 274 g/mol. The van der Waals surface area contributed by atoms with Gasteiger partial charge in [-0.3, -0.25) is 0 Å². The van der Waals surface area contributed by atoms with Gasteiger partial charge >= 0.3 is 0 Å². The van der Waals surface area contributed by atoms with Crippen molar-refractivity contribution < 1.29 is 4.74 Å². The van der Waals surface area contributed by atoms with Crippen molar-refractivity contribution in [1.29, 1.82) is 0 Å². The third-order valence-corrected chi connectivity index (χ3v) is 4.34. The number of aryl methyl sites for hydroxylation is 1. The molecule has 3 nitrogen and oxygen atoms in total. The largest absolute Gasteiger partial charge is 0.486 e. The van der Waals surface area contributed by atoms with Crippen LogP contribution in [-0.2, 0) is 6.54 Å². The van der Waals surface area contributed by atoms with Crippen LogP contribution in [0.15, 0.2) is 30.5 Å². The highest BCUT2D eigenvalue weighted by molar-refractivity contribution is 7.11. The molecule has 1 atom stereocenters. The van der Waals surface area contributed by atoms with Crippen LogP contribution >= 0.6 is 11.3 Å². The van der Waals surface area contributed by atoms with Crippen molar-refractivity contribution >= 4 is 11.3 Å². The quantitative estimate of drug-likeness (QED) is 0.930. The van der Waals surface area contributed by atoms with E-state index >= 15 is 0 Å². The fourth-order valence-corrected chi connectivity index (χ4v) is 3.30. The van der Waals surface area contributed by atoms with Crippen molar-refractivity contribution in [1.82, 2.24) is 10.3 Å². The molecular formula is C15H18N2OS. The highest BCUT2D eigenvalue weighted by atomic mass is 32.1. The number of rotatable bonds is 3. The molecule has 1 aromatic carbocycles. The minimum Gasteiger partial charge on any atom is -0.486 e. The van der Waals surface area contributed by atoms with Crippen LogP contribution in [0.4, 0.5) is 0 Å². The molecule has 100 valence electrons. The highest BCUT2D eigenvalue weighted by Gasteiger charge is 2.40. The van der Waals surface area contributed by atoms with Crippen LogP contribution in [0.3, 0.4) is 0 Å². The monoisotopic (exact) mass is 274 g/mol. The van der Waals surface area contributed by atoms with Gasteiger partial charge in [-0.25, -0.2) is 4.98 Å². The molecule has 0 fully saturated rings. The zero-order valence-electron chi connectivity index (χ0n) is 11.4. The molecule has 0 saturated carbocycles. The molecule has 0 amide bonds. The minimum absolute atomic E-state index is 0.202. The smallest absolute Gasteiger partial charge is 0.125 e. The first kappa shape index (κ1) is 12.6. The summed E-state index contributed by atoms with van der Waals surface area (Å²) in [6.45, 7) is 7.11. The molecule has 2 aromatic rings. The van der Waals surface area contributed by atoms with Crippen LogP contribution in [0.25, 0.3) is 0 Å². The van der Waals surface area contributed by atoms with Crippen LogP contribution in [0, 0.1) is 6.92 Å². The van der Waals surface area contributed by atoms with Crippen molar-refractivity contribution in [2.45, 2.75) is 39.0 Å². The molecule has 3 rings (SSSR count). The van der Waals surface area contributed by atoms with E-state index in [4.69, 9.17) is 4.74 Å². The number of nitrogens with zero attached hydrogens (tertiary/aromatic N) is 1. The lowest BCUT2D eigenvalue weighted by Gasteiger charge is -2.27. The van der Waals surface area contributed by atoms with E-state index in [2.05, 4.69) is 43.2 Å². The van der Waals surface area contributed by atoms with Gasteiger partial charge in [0.05, 0.1) is 6.04 Å². The van der Waals surface area contributed by atoms with Gasteiger partial charge in [-0.1, -0.05) is 18.2 Å². The van der Waals surface area contributed by atoms with Crippen LogP contribution in [0.2, 0.25) is 0 Å². The molecule has 0 bridgehead atoms. The van der Waals surface area contributed by atoms with Crippen LogP contribution < -0.4 is 10.1 Å². The summed E-state index contributed by atoms with van der Waals surface area (Å²) in [5, 5.41) is 4.70. The van der Waals surface area contributed by atoms with Crippen molar-refractivity contribution in [3.63, 3.8) is 0 Å². The molecule has 19 heavy (non-hydrogen) atoms.